The molecule has 5 rings (SSSR count). The van der Waals surface area contributed by atoms with Crippen molar-refractivity contribution in [3.8, 4) is 0 Å². The summed E-state index contributed by atoms with van der Waals surface area (Å²) in [6.07, 6.45) is 6.93. The highest BCUT2D eigenvalue weighted by atomic mass is 15.4. The van der Waals surface area contributed by atoms with Gasteiger partial charge in [0.25, 0.3) is 0 Å². The predicted octanol–water partition coefficient (Wildman–Crippen LogP) is 1.70. The first-order chi connectivity index (χ1) is 13.3. The van der Waals surface area contributed by atoms with Gasteiger partial charge < -0.3 is 4.90 Å². The maximum absolute atomic E-state index is 4.78. The molecular weight excluding hydrogens is 336 g/mol. The summed E-state index contributed by atoms with van der Waals surface area (Å²) in [5, 5.41) is 4.78. The van der Waals surface area contributed by atoms with Gasteiger partial charge in [-0.15, -0.1) is 0 Å². The van der Waals surface area contributed by atoms with E-state index in [0.717, 1.165) is 44.6 Å². The summed E-state index contributed by atoms with van der Waals surface area (Å²) in [5.41, 5.74) is 4.38. The first kappa shape index (κ1) is 17.2. The van der Waals surface area contributed by atoms with E-state index in [9.17, 15) is 0 Å². The Morgan fingerprint density at radius 1 is 1.04 bits per heavy atom. The number of pyridine rings is 1. The summed E-state index contributed by atoms with van der Waals surface area (Å²) >= 11 is 0. The van der Waals surface area contributed by atoms with E-state index in [0.29, 0.717) is 0 Å². The monoisotopic (exact) mass is 366 g/mol. The summed E-state index contributed by atoms with van der Waals surface area (Å²) in [4.78, 5) is 12.2. The quantitative estimate of drug-likeness (QED) is 0.824. The van der Waals surface area contributed by atoms with Crippen molar-refractivity contribution < 1.29 is 0 Å². The number of piperazine rings is 1. The average molecular weight is 367 g/mol. The Morgan fingerprint density at radius 3 is 2.63 bits per heavy atom. The number of hydrogen-bond acceptors (Lipinski definition) is 5. The van der Waals surface area contributed by atoms with Crippen LogP contribution < -0.4 is 4.90 Å². The molecule has 0 radical (unpaired) electrons. The van der Waals surface area contributed by atoms with Gasteiger partial charge in [0.1, 0.15) is 5.82 Å². The second kappa shape index (κ2) is 7.24. The highest BCUT2D eigenvalue weighted by Gasteiger charge is 2.34. The van der Waals surface area contributed by atoms with Gasteiger partial charge in [-0.3, -0.25) is 14.5 Å². The molecule has 0 amide bonds. The van der Waals surface area contributed by atoms with Crippen molar-refractivity contribution >= 4 is 5.82 Å². The molecule has 0 spiro atoms. The molecule has 2 aliphatic heterocycles. The molecule has 2 aromatic heterocycles. The Kier molecular flexibility index (Phi) is 4.61. The summed E-state index contributed by atoms with van der Waals surface area (Å²) in [6.45, 7) is 7.94. The first-order valence-corrected chi connectivity index (χ1v) is 10.4. The second-order valence-electron chi connectivity index (χ2n) is 8.26. The zero-order valence-corrected chi connectivity index (χ0v) is 16.3. The number of rotatable bonds is 4. The number of fused-ring (bicyclic) bond motifs is 1. The van der Waals surface area contributed by atoms with Crippen molar-refractivity contribution in [2.45, 2.75) is 38.3 Å². The van der Waals surface area contributed by atoms with Crippen molar-refractivity contribution in [2.75, 3.05) is 44.2 Å². The number of likely N-dealkylation sites (tertiary alicyclic amines) is 1. The normalized spacial score (nSPS) is 21.9. The van der Waals surface area contributed by atoms with Crippen molar-refractivity contribution in [1.82, 2.24) is 24.6 Å². The van der Waals surface area contributed by atoms with Gasteiger partial charge in [-0.25, -0.2) is 4.98 Å². The van der Waals surface area contributed by atoms with Crippen LogP contribution in [0.1, 0.15) is 29.8 Å². The standard InChI is InChI=1S/C21H30N6/c1-24-20(18-6-2-3-7-19(18)23-24)16-25-14-17(15-25)26-10-12-27(13-11-26)21-8-4-5-9-22-21/h4-5,8-9,17H,2-3,6-7,10-16H2,1H3. The van der Waals surface area contributed by atoms with Crippen LogP contribution in [-0.2, 0) is 26.4 Å². The number of hydrogen-bond donors (Lipinski definition) is 0. The van der Waals surface area contributed by atoms with Crippen molar-refractivity contribution in [2.24, 2.45) is 7.05 Å². The van der Waals surface area contributed by atoms with E-state index in [1.54, 1.807) is 5.56 Å². The van der Waals surface area contributed by atoms with Crippen molar-refractivity contribution in [3.63, 3.8) is 0 Å². The van der Waals surface area contributed by atoms with Crippen molar-refractivity contribution in [1.29, 1.82) is 0 Å². The molecule has 4 heterocycles. The Morgan fingerprint density at radius 2 is 1.85 bits per heavy atom. The molecule has 0 unspecified atom stereocenters. The molecule has 0 N–H and O–H groups in total. The van der Waals surface area contributed by atoms with Gasteiger partial charge in [0.2, 0.25) is 0 Å². The highest BCUT2D eigenvalue weighted by Crippen LogP contribution is 2.27. The number of nitrogens with zero attached hydrogens (tertiary/aromatic N) is 6. The van der Waals surface area contributed by atoms with Crippen LogP contribution in [-0.4, -0.2) is 69.9 Å². The molecule has 3 aliphatic rings. The number of aryl methyl sites for hydroxylation is 2. The van der Waals surface area contributed by atoms with Gasteiger partial charge in [-0.1, -0.05) is 6.07 Å². The maximum atomic E-state index is 4.78. The Balaban J connectivity index is 1.13. The van der Waals surface area contributed by atoms with Crippen LogP contribution >= 0.6 is 0 Å². The molecule has 2 saturated heterocycles. The van der Waals surface area contributed by atoms with E-state index in [1.807, 2.05) is 12.3 Å². The zero-order valence-electron chi connectivity index (χ0n) is 16.3. The first-order valence-electron chi connectivity index (χ1n) is 10.4. The third kappa shape index (κ3) is 3.36. The molecule has 2 aromatic rings. The molecule has 0 atom stereocenters. The fraction of sp³-hybridized carbons (Fsp3) is 0.619. The lowest BCUT2D eigenvalue weighted by atomic mass is 9.95. The van der Waals surface area contributed by atoms with E-state index in [-0.39, 0.29) is 0 Å². The minimum Gasteiger partial charge on any atom is -0.354 e. The van der Waals surface area contributed by atoms with Crippen LogP contribution in [0.5, 0.6) is 0 Å². The van der Waals surface area contributed by atoms with Gasteiger partial charge >= 0.3 is 0 Å². The molecule has 27 heavy (non-hydrogen) atoms. The lowest BCUT2D eigenvalue weighted by Crippen LogP contribution is -2.62. The number of anilines is 1. The Labute approximate surface area is 161 Å². The van der Waals surface area contributed by atoms with Gasteiger partial charge in [-0.05, 0) is 43.4 Å². The molecule has 0 bridgehead atoms. The molecule has 0 aromatic carbocycles. The van der Waals surface area contributed by atoms with Gasteiger partial charge in [0.15, 0.2) is 0 Å². The van der Waals surface area contributed by atoms with E-state index < -0.39 is 0 Å². The predicted molar refractivity (Wildman–Crippen MR) is 107 cm³/mol. The molecule has 6 nitrogen and oxygen atoms in total. The third-order valence-corrected chi connectivity index (χ3v) is 6.56. The average Bonchev–Trinajstić information content (AvgIpc) is 3.00. The molecule has 6 heteroatoms. The van der Waals surface area contributed by atoms with Crippen LogP contribution in [0.25, 0.3) is 0 Å². The summed E-state index contributed by atoms with van der Waals surface area (Å²) < 4.78 is 2.15. The topological polar surface area (TPSA) is 40.4 Å². The van der Waals surface area contributed by atoms with E-state index in [4.69, 9.17) is 5.10 Å². The SMILES string of the molecule is Cn1nc2c(c1CN1CC(N3CCN(c4ccccn4)CC3)C1)CCCC2. The smallest absolute Gasteiger partial charge is 0.128 e. The van der Waals surface area contributed by atoms with Crippen LogP contribution in [0.4, 0.5) is 5.82 Å². The van der Waals surface area contributed by atoms with Gasteiger partial charge in [-0.2, -0.15) is 5.10 Å². The summed E-state index contributed by atoms with van der Waals surface area (Å²) in [5.74, 6) is 1.12. The van der Waals surface area contributed by atoms with Gasteiger partial charge in [0, 0.05) is 65.1 Å². The Hall–Kier alpha value is -1.92. The lowest BCUT2D eigenvalue weighted by molar-refractivity contribution is 0.0240. The second-order valence-corrected chi connectivity index (χ2v) is 8.26. The summed E-state index contributed by atoms with van der Waals surface area (Å²) in [7, 11) is 2.13. The third-order valence-electron chi connectivity index (χ3n) is 6.56. The summed E-state index contributed by atoms with van der Waals surface area (Å²) in [6, 6.07) is 6.91. The van der Waals surface area contributed by atoms with Gasteiger partial charge in [0.05, 0.1) is 11.4 Å². The minimum absolute atomic E-state index is 0.722. The van der Waals surface area contributed by atoms with E-state index in [2.05, 4.69) is 43.5 Å². The fourth-order valence-electron chi connectivity index (χ4n) is 4.92. The van der Waals surface area contributed by atoms with Crippen LogP contribution in [0.15, 0.2) is 24.4 Å². The minimum atomic E-state index is 0.722. The van der Waals surface area contributed by atoms with Crippen LogP contribution in [0, 0.1) is 0 Å². The largest absolute Gasteiger partial charge is 0.354 e. The fourth-order valence-corrected chi connectivity index (χ4v) is 4.92. The molecule has 0 saturated carbocycles. The lowest BCUT2D eigenvalue weighted by Gasteiger charge is -2.48. The molecule has 1 aliphatic carbocycles. The van der Waals surface area contributed by atoms with E-state index >= 15 is 0 Å². The van der Waals surface area contributed by atoms with Crippen LogP contribution in [0.3, 0.4) is 0 Å². The van der Waals surface area contributed by atoms with E-state index in [1.165, 1.54) is 50.2 Å². The molecule has 2 fully saturated rings. The maximum Gasteiger partial charge on any atom is 0.128 e. The van der Waals surface area contributed by atoms with Crippen LogP contribution in [0.2, 0.25) is 0 Å². The molecule has 144 valence electrons. The molecular formula is C21H30N6. The number of aromatic nitrogens is 3. The zero-order chi connectivity index (χ0) is 18.2. The highest BCUT2D eigenvalue weighted by molar-refractivity contribution is 5.38. The Bertz CT molecular complexity index is 771. The van der Waals surface area contributed by atoms with Crippen molar-refractivity contribution in [3.05, 3.63) is 41.3 Å².